The third-order valence-electron chi connectivity index (χ3n) is 5.40. The van der Waals surface area contributed by atoms with Crippen LogP contribution in [0.3, 0.4) is 0 Å². The largest absolute Gasteiger partial charge is 0.497 e. The highest BCUT2D eigenvalue weighted by molar-refractivity contribution is 5.67. The number of amides is 1. The zero-order valence-corrected chi connectivity index (χ0v) is 15.9. The number of alkyl carbamates (subject to hydrolysis) is 1. The molecule has 7 heteroatoms. The number of benzene rings is 1. The molecule has 0 aliphatic carbocycles. The minimum atomic E-state index is -0.695. The SMILES string of the molecule is COc1ccc(C[C@H]2NC[C@H](O)[C@H]2OC(=O)NCC[C@@H]2CCCCN2)cc1. The number of piperidine rings is 1. The Morgan fingerprint density at radius 3 is 2.78 bits per heavy atom. The highest BCUT2D eigenvalue weighted by Crippen LogP contribution is 2.19. The number of carbonyl (C=O) groups excluding carboxylic acids is 1. The van der Waals surface area contributed by atoms with Crippen molar-refractivity contribution in [3.8, 4) is 5.75 Å². The molecule has 2 fully saturated rings. The van der Waals surface area contributed by atoms with Gasteiger partial charge in [-0.3, -0.25) is 0 Å². The summed E-state index contributed by atoms with van der Waals surface area (Å²) >= 11 is 0. The standard InChI is InChI=1S/C20H31N3O4/c1-26-16-7-5-14(6-8-16)12-17-19(18(24)13-23-17)27-20(25)22-11-9-15-4-2-3-10-21-15/h5-8,15,17-19,21,23-24H,2-4,9-13H2,1H3,(H,22,25)/t15-,17+,18-,19-/m0/s1. The van der Waals surface area contributed by atoms with Gasteiger partial charge < -0.3 is 30.5 Å². The van der Waals surface area contributed by atoms with E-state index in [1.54, 1.807) is 7.11 Å². The van der Waals surface area contributed by atoms with Crippen LogP contribution < -0.4 is 20.7 Å². The quantitative estimate of drug-likeness (QED) is 0.571. The summed E-state index contributed by atoms with van der Waals surface area (Å²) in [4.78, 5) is 12.2. The van der Waals surface area contributed by atoms with Gasteiger partial charge in [0.2, 0.25) is 0 Å². The van der Waals surface area contributed by atoms with Crippen molar-refractivity contribution in [1.82, 2.24) is 16.0 Å². The number of nitrogens with one attached hydrogen (secondary N) is 3. The van der Waals surface area contributed by atoms with E-state index in [4.69, 9.17) is 9.47 Å². The summed E-state index contributed by atoms with van der Waals surface area (Å²) < 4.78 is 10.7. The number of rotatable bonds is 7. The molecule has 1 aromatic carbocycles. The molecule has 4 atom stereocenters. The van der Waals surface area contributed by atoms with Crippen molar-refractivity contribution < 1.29 is 19.4 Å². The van der Waals surface area contributed by atoms with E-state index in [2.05, 4.69) is 16.0 Å². The second kappa shape index (κ2) is 9.92. The molecule has 0 radical (unpaired) electrons. The van der Waals surface area contributed by atoms with Crippen LogP contribution in [0.25, 0.3) is 0 Å². The molecule has 0 spiro atoms. The fourth-order valence-corrected chi connectivity index (χ4v) is 3.82. The van der Waals surface area contributed by atoms with Gasteiger partial charge in [0.05, 0.1) is 13.2 Å². The smallest absolute Gasteiger partial charge is 0.407 e. The normalized spacial score (nSPS) is 27.9. The highest BCUT2D eigenvalue weighted by Gasteiger charge is 2.37. The number of carbonyl (C=O) groups is 1. The van der Waals surface area contributed by atoms with Crippen LogP contribution >= 0.6 is 0 Å². The first-order valence-electron chi connectivity index (χ1n) is 9.88. The van der Waals surface area contributed by atoms with Gasteiger partial charge in [0.1, 0.15) is 18.0 Å². The minimum absolute atomic E-state index is 0.112. The average molecular weight is 377 g/mol. The van der Waals surface area contributed by atoms with Gasteiger partial charge in [-0.25, -0.2) is 4.79 Å². The summed E-state index contributed by atoms with van der Waals surface area (Å²) in [5.41, 5.74) is 1.10. The van der Waals surface area contributed by atoms with Gasteiger partial charge in [0.25, 0.3) is 0 Å². The Kier molecular flexibility index (Phi) is 7.32. The molecular formula is C20H31N3O4. The first-order chi connectivity index (χ1) is 13.2. The van der Waals surface area contributed by atoms with Crippen molar-refractivity contribution in [2.75, 3.05) is 26.7 Å². The zero-order valence-electron chi connectivity index (χ0n) is 15.9. The van der Waals surface area contributed by atoms with Gasteiger partial charge in [-0.05, 0) is 49.9 Å². The molecule has 1 aromatic rings. The monoisotopic (exact) mass is 377 g/mol. The summed E-state index contributed by atoms with van der Waals surface area (Å²) in [6, 6.07) is 8.14. The third-order valence-corrected chi connectivity index (χ3v) is 5.40. The average Bonchev–Trinajstić information content (AvgIpc) is 3.03. The summed E-state index contributed by atoms with van der Waals surface area (Å²) in [6.45, 7) is 2.06. The molecule has 1 amide bonds. The van der Waals surface area contributed by atoms with E-state index in [0.29, 0.717) is 25.6 Å². The fourth-order valence-electron chi connectivity index (χ4n) is 3.82. The lowest BCUT2D eigenvalue weighted by molar-refractivity contribution is 0.0189. The van der Waals surface area contributed by atoms with E-state index in [0.717, 1.165) is 30.7 Å². The predicted molar refractivity (Wildman–Crippen MR) is 103 cm³/mol. The Hall–Kier alpha value is -1.83. The van der Waals surface area contributed by atoms with Gasteiger partial charge >= 0.3 is 6.09 Å². The van der Waals surface area contributed by atoms with E-state index < -0.39 is 18.3 Å². The van der Waals surface area contributed by atoms with Crippen molar-refractivity contribution >= 4 is 6.09 Å². The van der Waals surface area contributed by atoms with E-state index in [-0.39, 0.29) is 6.04 Å². The van der Waals surface area contributed by atoms with Gasteiger partial charge in [0, 0.05) is 19.1 Å². The van der Waals surface area contributed by atoms with Gasteiger partial charge in [-0.2, -0.15) is 0 Å². The Labute approximate surface area is 160 Å². The lowest BCUT2D eigenvalue weighted by Crippen LogP contribution is -2.42. The van der Waals surface area contributed by atoms with Crippen LogP contribution in [0.2, 0.25) is 0 Å². The molecule has 2 saturated heterocycles. The summed E-state index contributed by atoms with van der Waals surface area (Å²) in [5, 5.41) is 19.7. The first-order valence-corrected chi connectivity index (χ1v) is 9.88. The van der Waals surface area contributed by atoms with Gasteiger partial charge in [0.15, 0.2) is 0 Å². The van der Waals surface area contributed by atoms with Crippen LogP contribution in [0, 0.1) is 0 Å². The van der Waals surface area contributed by atoms with E-state index in [1.165, 1.54) is 12.8 Å². The zero-order chi connectivity index (χ0) is 19.1. The molecule has 2 aliphatic rings. The van der Waals surface area contributed by atoms with Crippen molar-refractivity contribution in [3.05, 3.63) is 29.8 Å². The maximum absolute atomic E-state index is 12.2. The third kappa shape index (κ3) is 5.82. The summed E-state index contributed by atoms with van der Waals surface area (Å²) in [7, 11) is 1.64. The van der Waals surface area contributed by atoms with Crippen LogP contribution in [0.1, 0.15) is 31.2 Å². The molecule has 0 bridgehead atoms. The molecule has 0 aromatic heterocycles. The topological polar surface area (TPSA) is 91.8 Å². The molecular weight excluding hydrogens is 346 g/mol. The van der Waals surface area contributed by atoms with Crippen molar-refractivity contribution in [2.45, 2.75) is 56.4 Å². The van der Waals surface area contributed by atoms with Crippen molar-refractivity contribution in [1.29, 1.82) is 0 Å². The lowest BCUT2D eigenvalue weighted by atomic mass is 10.0. The molecule has 27 heavy (non-hydrogen) atoms. The van der Waals surface area contributed by atoms with Crippen molar-refractivity contribution in [3.63, 3.8) is 0 Å². The Morgan fingerprint density at radius 2 is 2.07 bits per heavy atom. The van der Waals surface area contributed by atoms with Crippen molar-refractivity contribution in [2.24, 2.45) is 0 Å². The molecule has 0 saturated carbocycles. The number of methoxy groups -OCH3 is 1. The van der Waals surface area contributed by atoms with Crippen LogP contribution in [-0.2, 0) is 11.2 Å². The minimum Gasteiger partial charge on any atom is -0.497 e. The summed E-state index contributed by atoms with van der Waals surface area (Å²) in [5.74, 6) is 0.804. The lowest BCUT2D eigenvalue weighted by Gasteiger charge is -2.24. The maximum atomic E-state index is 12.2. The first kappa shape index (κ1) is 19.9. The number of aliphatic hydroxyl groups is 1. The molecule has 7 nitrogen and oxygen atoms in total. The maximum Gasteiger partial charge on any atom is 0.407 e. The number of hydrogen-bond acceptors (Lipinski definition) is 6. The number of hydrogen-bond donors (Lipinski definition) is 4. The Bertz CT molecular complexity index is 589. The second-order valence-corrected chi connectivity index (χ2v) is 7.37. The van der Waals surface area contributed by atoms with E-state index in [9.17, 15) is 9.90 Å². The number of aliphatic hydroxyl groups excluding tert-OH is 1. The van der Waals surface area contributed by atoms with Gasteiger partial charge in [-0.15, -0.1) is 0 Å². The molecule has 0 unspecified atom stereocenters. The molecule has 3 rings (SSSR count). The highest BCUT2D eigenvalue weighted by atomic mass is 16.6. The second-order valence-electron chi connectivity index (χ2n) is 7.37. The Morgan fingerprint density at radius 1 is 1.26 bits per heavy atom. The van der Waals surface area contributed by atoms with Crippen LogP contribution in [0.5, 0.6) is 5.75 Å². The van der Waals surface area contributed by atoms with Crippen LogP contribution in [0.4, 0.5) is 4.79 Å². The predicted octanol–water partition coefficient (Wildman–Crippen LogP) is 1.20. The van der Waals surface area contributed by atoms with Gasteiger partial charge in [-0.1, -0.05) is 18.6 Å². The van der Waals surface area contributed by atoms with E-state index >= 15 is 0 Å². The van der Waals surface area contributed by atoms with Crippen LogP contribution in [-0.4, -0.2) is 62.2 Å². The Balaban J connectivity index is 1.45. The number of β-amino-alcohol motifs (C(OH)–C–C–N with tert-alkyl or cyclic N) is 1. The van der Waals surface area contributed by atoms with E-state index in [1.807, 2.05) is 24.3 Å². The molecule has 4 N–H and O–H groups in total. The molecule has 2 aliphatic heterocycles. The van der Waals surface area contributed by atoms with Crippen LogP contribution in [0.15, 0.2) is 24.3 Å². The molecule has 150 valence electrons. The number of ether oxygens (including phenoxy) is 2. The fraction of sp³-hybridized carbons (Fsp3) is 0.650. The summed E-state index contributed by atoms with van der Waals surface area (Å²) in [6.07, 6.45) is 3.49. The molecule has 2 heterocycles.